The van der Waals surface area contributed by atoms with Crippen LogP contribution in [0.1, 0.15) is 126 Å². The smallest absolute Gasteiger partial charge is 0.136 e. The summed E-state index contributed by atoms with van der Waals surface area (Å²) >= 11 is 3.88. The molecule has 0 bridgehead atoms. The number of benzene rings is 4. The molecular formula is C50H56O2S2. The molecule has 8 aromatic rings. The number of rotatable bonds is 20. The zero-order valence-corrected chi connectivity index (χ0v) is 34.1. The number of thiophene rings is 2. The van der Waals surface area contributed by atoms with E-state index in [1.54, 1.807) is 0 Å². The number of hydrogen-bond acceptors (Lipinski definition) is 4. The van der Waals surface area contributed by atoms with Gasteiger partial charge in [0.25, 0.3) is 0 Å². The van der Waals surface area contributed by atoms with Gasteiger partial charge in [0.15, 0.2) is 0 Å². The van der Waals surface area contributed by atoms with Gasteiger partial charge in [-0.3, -0.25) is 0 Å². The number of furan rings is 2. The molecule has 0 atom stereocenters. The average molecular weight is 753 g/mol. The standard InChI is InChI=1S/C50H56O2S2/c1-3-5-7-9-11-13-15-17-19-37-23-31-47(53-37)35-21-25-41-45(33-35)51-43-29-27-40-39(49(41)43)28-30-44-50(40)42-26-22-36(34-46(42)52-44)48-32-24-38(54-48)20-18-16-14-12-10-8-6-4-2/h21-34H,3-20H2,1-2H3. The van der Waals surface area contributed by atoms with Crippen LogP contribution in [0.3, 0.4) is 0 Å². The first-order valence-electron chi connectivity index (χ1n) is 21.1. The van der Waals surface area contributed by atoms with Gasteiger partial charge in [-0.15, -0.1) is 22.7 Å². The van der Waals surface area contributed by atoms with Crippen molar-refractivity contribution in [3.8, 4) is 20.9 Å². The van der Waals surface area contributed by atoms with Crippen LogP contribution in [0.2, 0.25) is 0 Å². The van der Waals surface area contributed by atoms with E-state index >= 15 is 0 Å². The van der Waals surface area contributed by atoms with Crippen LogP contribution in [0.5, 0.6) is 0 Å². The van der Waals surface area contributed by atoms with E-state index < -0.39 is 0 Å². The fourth-order valence-electron chi connectivity index (χ4n) is 8.46. The largest absolute Gasteiger partial charge is 0.456 e. The third-order valence-corrected chi connectivity index (χ3v) is 13.9. The highest BCUT2D eigenvalue weighted by atomic mass is 32.1. The van der Waals surface area contributed by atoms with Gasteiger partial charge in [0.2, 0.25) is 0 Å². The van der Waals surface area contributed by atoms with E-state index in [4.69, 9.17) is 8.83 Å². The second-order valence-electron chi connectivity index (χ2n) is 15.6. The van der Waals surface area contributed by atoms with Gasteiger partial charge in [0, 0.05) is 41.1 Å². The maximum absolute atomic E-state index is 6.54. The molecule has 0 radical (unpaired) electrons. The molecule has 0 N–H and O–H groups in total. The Labute approximate surface area is 329 Å². The van der Waals surface area contributed by atoms with E-state index in [1.807, 2.05) is 22.7 Å². The average Bonchev–Trinajstić information content (AvgIpc) is 4.01. The van der Waals surface area contributed by atoms with Gasteiger partial charge in [0.05, 0.1) is 0 Å². The van der Waals surface area contributed by atoms with Crippen molar-refractivity contribution in [3.05, 3.63) is 94.7 Å². The van der Waals surface area contributed by atoms with Crippen molar-refractivity contribution >= 4 is 77.3 Å². The molecule has 0 spiro atoms. The predicted octanol–water partition coefficient (Wildman–Crippen LogP) is 17.5. The molecule has 0 amide bonds. The molecule has 4 heterocycles. The van der Waals surface area contributed by atoms with Crippen LogP contribution in [-0.2, 0) is 12.8 Å². The van der Waals surface area contributed by atoms with Crippen LogP contribution in [0, 0.1) is 0 Å². The Morgan fingerprint density at radius 2 is 0.759 bits per heavy atom. The van der Waals surface area contributed by atoms with Crippen LogP contribution < -0.4 is 0 Å². The molecule has 4 aromatic heterocycles. The SMILES string of the molecule is CCCCCCCCCCc1ccc(-c2ccc3c(c2)oc2ccc4c(ccc5oc6cc(-c7ccc(CCCCCCCCCC)s7)ccc6c54)c23)s1. The van der Waals surface area contributed by atoms with E-state index in [2.05, 4.69) is 98.8 Å². The molecule has 0 fully saturated rings. The fraction of sp³-hybridized carbons (Fsp3) is 0.400. The second-order valence-corrected chi connectivity index (χ2v) is 17.9. The van der Waals surface area contributed by atoms with E-state index in [9.17, 15) is 0 Å². The Morgan fingerprint density at radius 1 is 0.370 bits per heavy atom. The van der Waals surface area contributed by atoms with Gasteiger partial charge in [-0.05, 0) is 120 Å². The highest BCUT2D eigenvalue weighted by Gasteiger charge is 2.17. The summed E-state index contributed by atoms with van der Waals surface area (Å²) in [5, 5.41) is 7.14. The molecule has 0 aliphatic rings. The molecule has 2 nitrogen and oxygen atoms in total. The summed E-state index contributed by atoms with van der Waals surface area (Å²) in [7, 11) is 0. The Morgan fingerprint density at radius 3 is 1.19 bits per heavy atom. The molecule has 0 saturated heterocycles. The summed E-state index contributed by atoms with van der Waals surface area (Å²) in [6.07, 6.45) is 24.2. The quantitative estimate of drug-likeness (QED) is 0.0725. The highest BCUT2D eigenvalue weighted by molar-refractivity contribution is 7.15. The third kappa shape index (κ3) is 8.21. The topological polar surface area (TPSA) is 26.3 Å². The summed E-state index contributed by atoms with van der Waals surface area (Å²) in [4.78, 5) is 5.63. The lowest BCUT2D eigenvalue weighted by molar-refractivity contribution is 0.576. The molecule has 0 aliphatic heterocycles. The van der Waals surface area contributed by atoms with Crippen LogP contribution in [0.25, 0.3) is 75.5 Å². The fourth-order valence-corrected chi connectivity index (χ4v) is 10.6. The van der Waals surface area contributed by atoms with Crippen molar-refractivity contribution in [2.24, 2.45) is 0 Å². The first-order chi connectivity index (χ1) is 26.7. The summed E-state index contributed by atoms with van der Waals surface area (Å²) < 4.78 is 13.1. The van der Waals surface area contributed by atoms with Gasteiger partial charge in [0.1, 0.15) is 22.3 Å². The van der Waals surface area contributed by atoms with Crippen LogP contribution >= 0.6 is 22.7 Å². The van der Waals surface area contributed by atoms with Gasteiger partial charge in [-0.25, -0.2) is 0 Å². The molecule has 54 heavy (non-hydrogen) atoms. The van der Waals surface area contributed by atoms with Crippen molar-refractivity contribution in [2.45, 2.75) is 129 Å². The summed E-state index contributed by atoms with van der Waals surface area (Å²) in [6.45, 7) is 4.58. The summed E-state index contributed by atoms with van der Waals surface area (Å²) in [6, 6.07) is 31.6. The van der Waals surface area contributed by atoms with Crippen molar-refractivity contribution < 1.29 is 8.83 Å². The van der Waals surface area contributed by atoms with E-state index in [-0.39, 0.29) is 0 Å². The molecule has 8 rings (SSSR count). The van der Waals surface area contributed by atoms with Crippen molar-refractivity contribution in [1.29, 1.82) is 0 Å². The Balaban J connectivity index is 0.975. The summed E-state index contributed by atoms with van der Waals surface area (Å²) in [5.41, 5.74) is 6.25. The Kier molecular flexibility index (Phi) is 12.2. The van der Waals surface area contributed by atoms with Crippen molar-refractivity contribution in [2.75, 3.05) is 0 Å². The Bertz CT molecular complexity index is 2280. The lowest BCUT2D eigenvalue weighted by Crippen LogP contribution is -1.83. The van der Waals surface area contributed by atoms with Crippen molar-refractivity contribution in [3.63, 3.8) is 0 Å². The number of fused-ring (bicyclic) bond motifs is 9. The third-order valence-electron chi connectivity index (χ3n) is 11.5. The zero-order chi connectivity index (χ0) is 36.7. The zero-order valence-electron chi connectivity index (χ0n) is 32.4. The lowest BCUT2D eigenvalue weighted by Gasteiger charge is -2.02. The highest BCUT2D eigenvalue weighted by Crippen LogP contribution is 2.43. The number of hydrogen-bond donors (Lipinski definition) is 0. The van der Waals surface area contributed by atoms with Crippen LogP contribution in [0.4, 0.5) is 0 Å². The maximum atomic E-state index is 6.54. The van der Waals surface area contributed by atoms with E-state index in [0.29, 0.717) is 0 Å². The minimum Gasteiger partial charge on any atom is -0.456 e. The minimum absolute atomic E-state index is 0.936. The van der Waals surface area contributed by atoms with E-state index in [0.717, 1.165) is 22.3 Å². The lowest BCUT2D eigenvalue weighted by atomic mass is 9.98. The first kappa shape index (κ1) is 37.1. The molecule has 280 valence electrons. The van der Waals surface area contributed by atoms with Gasteiger partial charge >= 0.3 is 0 Å². The number of unbranched alkanes of at least 4 members (excludes halogenated alkanes) is 14. The van der Waals surface area contributed by atoms with Crippen molar-refractivity contribution in [1.82, 2.24) is 0 Å². The predicted molar refractivity (Wildman–Crippen MR) is 238 cm³/mol. The van der Waals surface area contributed by atoms with Gasteiger partial charge in [-0.1, -0.05) is 116 Å². The molecule has 4 heteroatoms. The molecular weight excluding hydrogens is 697 g/mol. The molecule has 4 aromatic carbocycles. The molecule has 0 aliphatic carbocycles. The van der Waals surface area contributed by atoms with Crippen LogP contribution in [-0.4, -0.2) is 0 Å². The Hall–Kier alpha value is -3.86. The van der Waals surface area contributed by atoms with E-state index in [1.165, 1.54) is 179 Å². The second kappa shape index (κ2) is 17.7. The summed E-state index contributed by atoms with van der Waals surface area (Å²) in [5.74, 6) is 0. The monoisotopic (exact) mass is 752 g/mol. The van der Waals surface area contributed by atoms with Gasteiger partial charge in [-0.2, -0.15) is 0 Å². The number of aryl methyl sites for hydroxylation is 2. The molecule has 0 saturated carbocycles. The normalized spacial score (nSPS) is 12.1. The van der Waals surface area contributed by atoms with Gasteiger partial charge < -0.3 is 8.83 Å². The maximum Gasteiger partial charge on any atom is 0.136 e. The minimum atomic E-state index is 0.936. The molecule has 0 unspecified atom stereocenters. The first-order valence-corrected chi connectivity index (χ1v) is 22.8. The van der Waals surface area contributed by atoms with Crippen LogP contribution in [0.15, 0.2) is 93.8 Å².